The van der Waals surface area contributed by atoms with Crippen molar-refractivity contribution in [1.29, 1.82) is 0 Å². The highest BCUT2D eigenvalue weighted by molar-refractivity contribution is 5.95. The van der Waals surface area contributed by atoms with Gasteiger partial charge in [-0.15, -0.1) is 0 Å². The average molecular weight is 322 g/mol. The Bertz CT molecular complexity index is 555. The zero-order valence-corrected chi connectivity index (χ0v) is 13.3. The van der Waals surface area contributed by atoms with Gasteiger partial charge in [-0.05, 0) is 25.0 Å². The van der Waals surface area contributed by atoms with Crippen LogP contribution in [-0.2, 0) is 14.3 Å². The number of nitrogens with two attached hydrogens (primary N) is 1. The van der Waals surface area contributed by atoms with Crippen LogP contribution in [0.4, 0.5) is 0 Å². The molecule has 126 valence electrons. The monoisotopic (exact) mass is 322 g/mol. The van der Waals surface area contributed by atoms with Crippen LogP contribution < -0.4 is 15.8 Å². The lowest BCUT2D eigenvalue weighted by Crippen LogP contribution is -2.37. The van der Waals surface area contributed by atoms with Crippen molar-refractivity contribution in [2.24, 2.45) is 5.73 Å². The molecule has 0 heterocycles. The summed E-state index contributed by atoms with van der Waals surface area (Å²) in [6.45, 7) is 3.15. The van der Waals surface area contributed by atoms with Gasteiger partial charge < -0.3 is 20.5 Å². The molecular weight excluding hydrogens is 300 g/mol. The first-order valence-electron chi connectivity index (χ1n) is 7.44. The number of hydrogen-bond acceptors (Lipinski definition) is 5. The Morgan fingerprint density at radius 3 is 2.39 bits per heavy atom. The Kier molecular flexibility index (Phi) is 7.59. The first-order chi connectivity index (χ1) is 11.0. The maximum absolute atomic E-state index is 11.6. The molecule has 0 atom stereocenters. The molecule has 0 radical (unpaired) electrons. The Labute approximate surface area is 135 Å². The van der Waals surface area contributed by atoms with E-state index in [1.165, 1.54) is 12.1 Å². The van der Waals surface area contributed by atoms with E-state index in [0.717, 1.165) is 12.8 Å². The van der Waals surface area contributed by atoms with Gasteiger partial charge in [0.15, 0.2) is 13.2 Å². The van der Waals surface area contributed by atoms with Gasteiger partial charge in [0, 0.05) is 6.04 Å². The minimum atomic E-state index is -0.705. The smallest absolute Gasteiger partial charge is 0.344 e. The summed E-state index contributed by atoms with van der Waals surface area (Å²) in [5.41, 5.74) is 5.38. The molecular formula is C16H22N2O5. The van der Waals surface area contributed by atoms with E-state index in [1.807, 2.05) is 13.8 Å². The fourth-order valence-electron chi connectivity index (χ4n) is 1.88. The zero-order chi connectivity index (χ0) is 17.2. The van der Waals surface area contributed by atoms with E-state index in [2.05, 4.69) is 5.32 Å². The number of benzene rings is 1. The van der Waals surface area contributed by atoms with Crippen LogP contribution in [0.3, 0.4) is 0 Å². The Morgan fingerprint density at radius 2 is 1.78 bits per heavy atom. The predicted octanol–water partition coefficient (Wildman–Crippen LogP) is 1.01. The van der Waals surface area contributed by atoms with E-state index in [-0.39, 0.29) is 29.9 Å². The van der Waals surface area contributed by atoms with E-state index in [0.29, 0.717) is 0 Å². The van der Waals surface area contributed by atoms with Crippen LogP contribution in [0, 0.1) is 0 Å². The largest absolute Gasteiger partial charge is 0.481 e. The number of esters is 1. The average Bonchev–Trinajstić information content (AvgIpc) is 2.56. The number of carbonyl (C=O) groups excluding carboxylic acids is 3. The van der Waals surface area contributed by atoms with E-state index >= 15 is 0 Å². The molecule has 2 amide bonds. The first-order valence-corrected chi connectivity index (χ1v) is 7.44. The molecule has 0 bridgehead atoms. The molecule has 0 unspecified atom stereocenters. The van der Waals surface area contributed by atoms with Crippen LogP contribution in [0.15, 0.2) is 24.3 Å². The van der Waals surface area contributed by atoms with Gasteiger partial charge in [0.05, 0.1) is 5.56 Å². The van der Waals surface area contributed by atoms with Crippen molar-refractivity contribution in [3.63, 3.8) is 0 Å². The number of amides is 2. The molecule has 7 nitrogen and oxygen atoms in total. The number of para-hydroxylation sites is 1. The Balaban J connectivity index is 2.41. The molecule has 0 aromatic heterocycles. The SMILES string of the molecule is CCC(CC)NC(=O)COC(=O)COc1ccccc1C(N)=O. The molecule has 0 saturated carbocycles. The van der Waals surface area contributed by atoms with Crippen molar-refractivity contribution in [3.8, 4) is 5.75 Å². The molecule has 0 aliphatic heterocycles. The quantitative estimate of drug-likeness (QED) is 0.660. The van der Waals surface area contributed by atoms with E-state index < -0.39 is 18.5 Å². The van der Waals surface area contributed by atoms with Crippen molar-refractivity contribution >= 4 is 17.8 Å². The summed E-state index contributed by atoms with van der Waals surface area (Å²) in [6.07, 6.45) is 1.62. The number of ether oxygens (including phenoxy) is 2. The van der Waals surface area contributed by atoms with Gasteiger partial charge in [0.25, 0.3) is 11.8 Å². The summed E-state index contributed by atoms with van der Waals surface area (Å²) in [7, 11) is 0. The summed E-state index contributed by atoms with van der Waals surface area (Å²) in [4.78, 5) is 34.4. The number of hydrogen-bond donors (Lipinski definition) is 2. The van der Waals surface area contributed by atoms with E-state index in [1.54, 1.807) is 12.1 Å². The summed E-state index contributed by atoms with van der Waals surface area (Å²) >= 11 is 0. The highest BCUT2D eigenvalue weighted by Gasteiger charge is 2.13. The number of carbonyl (C=O) groups is 3. The summed E-state index contributed by atoms with van der Waals surface area (Å²) < 4.78 is 10.0. The number of primary amides is 1. The van der Waals surface area contributed by atoms with Crippen LogP contribution >= 0.6 is 0 Å². The van der Waals surface area contributed by atoms with Crippen LogP contribution in [-0.4, -0.2) is 37.0 Å². The van der Waals surface area contributed by atoms with E-state index in [9.17, 15) is 14.4 Å². The summed E-state index contributed by atoms with van der Waals surface area (Å²) in [6, 6.07) is 6.36. The van der Waals surface area contributed by atoms with Crippen molar-refractivity contribution in [2.45, 2.75) is 32.7 Å². The third-order valence-corrected chi connectivity index (χ3v) is 3.21. The predicted molar refractivity (Wildman–Crippen MR) is 83.9 cm³/mol. The Hall–Kier alpha value is -2.57. The van der Waals surface area contributed by atoms with Crippen LogP contribution in [0.1, 0.15) is 37.0 Å². The zero-order valence-electron chi connectivity index (χ0n) is 13.3. The molecule has 1 aromatic rings. The van der Waals surface area contributed by atoms with Gasteiger partial charge in [-0.1, -0.05) is 26.0 Å². The molecule has 7 heteroatoms. The van der Waals surface area contributed by atoms with E-state index in [4.69, 9.17) is 15.2 Å². The highest BCUT2D eigenvalue weighted by Crippen LogP contribution is 2.16. The molecule has 0 aliphatic rings. The molecule has 1 aromatic carbocycles. The molecule has 1 rings (SSSR count). The minimum absolute atomic E-state index is 0.0693. The second-order valence-electron chi connectivity index (χ2n) is 4.89. The molecule has 0 aliphatic carbocycles. The molecule has 3 N–H and O–H groups in total. The van der Waals surface area contributed by atoms with Crippen LogP contribution in [0.5, 0.6) is 5.75 Å². The van der Waals surface area contributed by atoms with Gasteiger partial charge >= 0.3 is 5.97 Å². The first kappa shape index (κ1) is 18.5. The van der Waals surface area contributed by atoms with Gasteiger partial charge in [-0.2, -0.15) is 0 Å². The van der Waals surface area contributed by atoms with Crippen molar-refractivity contribution in [2.75, 3.05) is 13.2 Å². The second-order valence-corrected chi connectivity index (χ2v) is 4.89. The van der Waals surface area contributed by atoms with Gasteiger partial charge in [0.2, 0.25) is 0 Å². The lowest BCUT2D eigenvalue weighted by Gasteiger charge is -2.14. The van der Waals surface area contributed by atoms with Crippen LogP contribution in [0.25, 0.3) is 0 Å². The Morgan fingerprint density at radius 1 is 1.13 bits per heavy atom. The second kappa shape index (κ2) is 9.45. The topological polar surface area (TPSA) is 108 Å². The number of rotatable bonds is 9. The standard InChI is InChI=1S/C16H22N2O5/c1-3-11(4-2)18-14(19)9-23-15(20)10-22-13-8-6-5-7-12(13)16(17)21/h5-8,11H,3-4,9-10H2,1-2H3,(H2,17,21)(H,18,19). The minimum Gasteiger partial charge on any atom is -0.481 e. The van der Waals surface area contributed by atoms with Gasteiger partial charge in [0.1, 0.15) is 5.75 Å². The van der Waals surface area contributed by atoms with Crippen molar-refractivity contribution in [1.82, 2.24) is 5.32 Å². The van der Waals surface area contributed by atoms with Gasteiger partial charge in [-0.3, -0.25) is 9.59 Å². The van der Waals surface area contributed by atoms with Gasteiger partial charge in [-0.25, -0.2) is 4.79 Å². The summed E-state index contributed by atoms with van der Waals surface area (Å²) in [5, 5.41) is 2.75. The summed E-state index contributed by atoms with van der Waals surface area (Å²) in [5.74, 6) is -1.52. The highest BCUT2D eigenvalue weighted by atomic mass is 16.6. The van der Waals surface area contributed by atoms with Crippen LogP contribution in [0.2, 0.25) is 0 Å². The molecule has 0 saturated heterocycles. The van der Waals surface area contributed by atoms with Crippen molar-refractivity contribution < 1.29 is 23.9 Å². The van der Waals surface area contributed by atoms with Crippen molar-refractivity contribution in [3.05, 3.63) is 29.8 Å². The molecule has 23 heavy (non-hydrogen) atoms. The lowest BCUT2D eigenvalue weighted by molar-refractivity contribution is -0.150. The normalized spacial score (nSPS) is 10.2. The third kappa shape index (κ3) is 6.37. The fraction of sp³-hybridized carbons (Fsp3) is 0.438. The fourth-order valence-corrected chi connectivity index (χ4v) is 1.88. The maximum atomic E-state index is 11.6. The third-order valence-electron chi connectivity index (χ3n) is 3.21. The number of nitrogens with one attached hydrogen (secondary N) is 1. The molecule has 0 spiro atoms. The molecule has 0 fully saturated rings. The maximum Gasteiger partial charge on any atom is 0.344 e. The lowest BCUT2D eigenvalue weighted by atomic mass is 10.2.